The van der Waals surface area contributed by atoms with Gasteiger partial charge in [-0.3, -0.25) is 0 Å². The molecule has 38 heavy (non-hydrogen) atoms. The van der Waals surface area contributed by atoms with Gasteiger partial charge in [0.05, 0.1) is 0 Å². The Balaban J connectivity index is 1.21. The van der Waals surface area contributed by atoms with Gasteiger partial charge in [0.2, 0.25) is 0 Å². The number of aromatic nitrogens is 1. The van der Waals surface area contributed by atoms with Crippen molar-refractivity contribution in [1.29, 1.82) is 0 Å². The first-order chi connectivity index (χ1) is 18.8. The second-order valence-corrected chi connectivity index (χ2v) is 10.2. The molecule has 0 spiro atoms. The lowest BCUT2D eigenvalue weighted by Gasteiger charge is -2.18. The van der Waals surface area contributed by atoms with E-state index in [0.29, 0.717) is 0 Å². The van der Waals surface area contributed by atoms with E-state index in [2.05, 4.69) is 126 Å². The van der Waals surface area contributed by atoms with E-state index in [4.69, 9.17) is 4.42 Å². The Labute approximate surface area is 220 Å². The van der Waals surface area contributed by atoms with Crippen LogP contribution in [-0.2, 0) is 0 Å². The predicted molar refractivity (Wildman–Crippen MR) is 158 cm³/mol. The number of benzene rings is 5. The number of rotatable bonds is 3. The number of aromatic amines is 1. The molecular weight excluding hydrogens is 462 g/mol. The molecule has 2 heteroatoms. The molecule has 180 valence electrons. The first-order valence-electron chi connectivity index (χ1n) is 13.2. The Kier molecular flexibility index (Phi) is 4.68. The van der Waals surface area contributed by atoms with E-state index >= 15 is 0 Å². The van der Waals surface area contributed by atoms with Crippen LogP contribution >= 0.6 is 0 Å². The normalized spacial score (nSPS) is 14.9. The van der Waals surface area contributed by atoms with Crippen LogP contribution in [-0.4, -0.2) is 4.98 Å². The van der Waals surface area contributed by atoms with E-state index < -0.39 is 0 Å². The lowest BCUT2D eigenvalue weighted by Crippen LogP contribution is -2.03. The first-order valence-corrected chi connectivity index (χ1v) is 13.2. The maximum absolute atomic E-state index is 6.40. The van der Waals surface area contributed by atoms with Crippen LogP contribution in [0.3, 0.4) is 0 Å². The summed E-state index contributed by atoms with van der Waals surface area (Å²) in [5.74, 6) is 1.29. The molecule has 2 nitrogen and oxygen atoms in total. The summed E-state index contributed by atoms with van der Waals surface area (Å²) in [4.78, 5) is 3.62. The van der Waals surface area contributed by atoms with E-state index in [1.54, 1.807) is 0 Å². The number of furan rings is 1. The average molecular weight is 488 g/mol. The Bertz CT molecular complexity index is 1990. The highest BCUT2D eigenvalue weighted by Crippen LogP contribution is 2.42. The summed E-state index contributed by atoms with van der Waals surface area (Å²) in [6.45, 7) is 0. The minimum absolute atomic E-state index is 0.213. The van der Waals surface area contributed by atoms with Crippen LogP contribution < -0.4 is 0 Å². The summed E-state index contributed by atoms with van der Waals surface area (Å²) in [5.41, 5.74) is 10.7. The summed E-state index contributed by atoms with van der Waals surface area (Å²) in [7, 11) is 0. The summed E-state index contributed by atoms with van der Waals surface area (Å²) in [6.07, 6.45) is 5.45. The maximum Gasteiger partial charge on any atom is 0.134 e. The highest BCUT2D eigenvalue weighted by Gasteiger charge is 2.25. The maximum atomic E-state index is 6.40. The number of nitrogens with one attached hydrogen (secondary N) is 1. The zero-order chi connectivity index (χ0) is 25.1. The van der Waals surface area contributed by atoms with Crippen molar-refractivity contribution in [3.63, 3.8) is 0 Å². The fourth-order valence-electron chi connectivity index (χ4n) is 6.03. The van der Waals surface area contributed by atoms with Crippen LogP contribution in [0.4, 0.5) is 0 Å². The number of fused-ring (bicyclic) bond motifs is 6. The fourth-order valence-corrected chi connectivity index (χ4v) is 6.03. The molecule has 1 atom stereocenters. The molecule has 7 aromatic rings. The number of H-pyrrole nitrogens is 1. The predicted octanol–water partition coefficient (Wildman–Crippen LogP) is 9.95. The Morgan fingerprint density at radius 1 is 0.579 bits per heavy atom. The molecule has 0 fully saturated rings. The quantitative estimate of drug-likeness (QED) is 0.264. The lowest BCUT2D eigenvalue weighted by molar-refractivity contribution is 0.517. The number of hydrogen-bond acceptors (Lipinski definition) is 1. The molecule has 1 aliphatic carbocycles. The van der Waals surface area contributed by atoms with Crippen molar-refractivity contribution < 1.29 is 4.42 Å². The van der Waals surface area contributed by atoms with Gasteiger partial charge in [-0.2, -0.15) is 0 Å². The molecule has 1 aliphatic rings. The lowest BCUT2D eigenvalue weighted by atomic mass is 9.86. The minimum atomic E-state index is 0.213. The Morgan fingerprint density at radius 2 is 1.24 bits per heavy atom. The molecule has 0 aliphatic heterocycles. The monoisotopic (exact) mass is 487 g/mol. The van der Waals surface area contributed by atoms with Gasteiger partial charge >= 0.3 is 0 Å². The van der Waals surface area contributed by atoms with Crippen molar-refractivity contribution >= 4 is 38.9 Å². The van der Waals surface area contributed by atoms with Gasteiger partial charge in [0.25, 0.3) is 0 Å². The van der Waals surface area contributed by atoms with Crippen molar-refractivity contribution in [3.8, 4) is 22.3 Å². The Morgan fingerprint density at radius 3 is 2.08 bits per heavy atom. The summed E-state index contributed by atoms with van der Waals surface area (Å²) in [6, 6.07) is 41.3. The zero-order valence-electron chi connectivity index (χ0n) is 20.8. The highest BCUT2D eigenvalue weighted by molar-refractivity contribution is 6.08. The van der Waals surface area contributed by atoms with Gasteiger partial charge in [-0.05, 0) is 64.6 Å². The van der Waals surface area contributed by atoms with E-state index in [1.165, 1.54) is 49.5 Å². The van der Waals surface area contributed by atoms with Crippen molar-refractivity contribution in [2.24, 2.45) is 0 Å². The molecule has 2 heterocycles. The van der Waals surface area contributed by atoms with Gasteiger partial charge in [-0.1, -0.05) is 97.1 Å². The minimum Gasteiger partial charge on any atom is -0.460 e. The van der Waals surface area contributed by atoms with Gasteiger partial charge in [0.1, 0.15) is 11.3 Å². The fraction of sp³-hybridized carbons (Fsp3) is 0.0556. The van der Waals surface area contributed by atoms with E-state index in [0.717, 1.165) is 28.8 Å². The second kappa shape index (κ2) is 8.36. The topological polar surface area (TPSA) is 28.9 Å². The van der Waals surface area contributed by atoms with Crippen molar-refractivity contribution in [2.45, 2.75) is 12.3 Å². The third-order valence-electron chi connectivity index (χ3n) is 7.99. The summed E-state index contributed by atoms with van der Waals surface area (Å²) < 4.78 is 6.40. The van der Waals surface area contributed by atoms with Gasteiger partial charge in [-0.15, -0.1) is 0 Å². The molecule has 8 rings (SSSR count). The van der Waals surface area contributed by atoms with Crippen LogP contribution in [0.5, 0.6) is 0 Å². The number of allylic oxidation sites excluding steroid dienone is 1. The third-order valence-corrected chi connectivity index (χ3v) is 7.99. The van der Waals surface area contributed by atoms with Gasteiger partial charge < -0.3 is 9.40 Å². The van der Waals surface area contributed by atoms with Crippen molar-refractivity contribution in [3.05, 3.63) is 138 Å². The van der Waals surface area contributed by atoms with Crippen LogP contribution in [0.15, 0.2) is 126 Å². The SMILES string of the molecule is C1=Cc2c(oc3ccccc23)C(c2ccc3[nH]c4ccc(-c5ccc(-c6ccccc6)cc5)cc4c3c2)C1. The summed E-state index contributed by atoms with van der Waals surface area (Å²) in [5, 5.41) is 3.70. The highest BCUT2D eigenvalue weighted by atomic mass is 16.3. The molecule has 1 N–H and O–H groups in total. The molecule has 0 amide bonds. The standard InChI is InChI=1S/C36H25NO/c1-2-7-23(8-3-1)24-13-15-25(16-14-24)26-17-19-33-31(21-26)32-22-27(18-20-34(32)37-33)28-10-6-11-30-29-9-4-5-12-35(29)38-36(28)30/h1-9,11-22,28,37H,10H2. The van der Waals surface area contributed by atoms with Gasteiger partial charge in [0, 0.05) is 38.7 Å². The molecule has 2 aromatic heterocycles. The van der Waals surface area contributed by atoms with Crippen LogP contribution in [0.25, 0.3) is 61.1 Å². The molecule has 0 radical (unpaired) electrons. The van der Waals surface area contributed by atoms with E-state index in [9.17, 15) is 0 Å². The van der Waals surface area contributed by atoms with Crippen molar-refractivity contribution in [2.75, 3.05) is 0 Å². The molecular formula is C36H25NO. The second-order valence-electron chi connectivity index (χ2n) is 10.2. The molecule has 0 saturated heterocycles. The van der Waals surface area contributed by atoms with E-state index in [1.807, 2.05) is 6.07 Å². The average Bonchev–Trinajstić information content (AvgIpc) is 3.55. The number of para-hydroxylation sites is 1. The van der Waals surface area contributed by atoms with Crippen molar-refractivity contribution in [1.82, 2.24) is 4.98 Å². The molecule has 0 saturated carbocycles. The summed E-state index contributed by atoms with van der Waals surface area (Å²) >= 11 is 0. The van der Waals surface area contributed by atoms with E-state index in [-0.39, 0.29) is 5.92 Å². The van der Waals surface area contributed by atoms with Crippen LogP contribution in [0.1, 0.15) is 29.2 Å². The van der Waals surface area contributed by atoms with Gasteiger partial charge in [-0.25, -0.2) is 0 Å². The largest absolute Gasteiger partial charge is 0.460 e. The van der Waals surface area contributed by atoms with Crippen LogP contribution in [0.2, 0.25) is 0 Å². The van der Waals surface area contributed by atoms with Gasteiger partial charge in [0.15, 0.2) is 0 Å². The Hall–Kier alpha value is -4.82. The molecule has 5 aromatic carbocycles. The molecule has 0 bridgehead atoms. The van der Waals surface area contributed by atoms with Crippen LogP contribution in [0, 0.1) is 0 Å². The molecule has 1 unspecified atom stereocenters. The zero-order valence-corrected chi connectivity index (χ0v) is 20.8. The third kappa shape index (κ3) is 3.34. The smallest absolute Gasteiger partial charge is 0.134 e. The number of hydrogen-bond donors (Lipinski definition) is 1. The first kappa shape index (κ1) is 21.3.